The summed E-state index contributed by atoms with van der Waals surface area (Å²) in [5, 5.41) is 3.32. The monoisotopic (exact) mass is 405 g/mol. The van der Waals surface area contributed by atoms with Gasteiger partial charge in [0.05, 0.1) is 10.7 Å². The average molecular weight is 406 g/mol. The van der Waals surface area contributed by atoms with Gasteiger partial charge in [0.15, 0.2) is 6.10 Å². The summed E-state index contributed by atoms with van der Waals surface area (Å²) in [6, 6.07) is 3.66. The van der Waals surface area contributed by atoms with Crippen LogP contribution < -0.4 is 5.32 Å². The number of halogens is 2. The van der Waals surface area contributed by atoms with Crippen LogP contribution in [0.3, 0.4) is 0 Å². The van der Waals surface area contributed by atoms with Crippen molar-refractivity contribution in [2.75, 3.05) is 11.1 Å². The summed E-state index contributed by atoms with van der Waals surface area (Å²) in [7, 11) is 3.84. The van der Waals surface area contributed by atoms with Gasteiger partial charge in [0.25, 0.3) is 5.91 Å². The molecule has 1 N–H and O–H groups in total. The van der Waals surface area contributed by atoms with Crippen LogP contribution in [0, 0.1) is 5.82 Å². The quantitative estimate of drug-likeness (QED) is 0.372. The van der Waals surface area contributed by atoms with E-state index in [0.29, 0.717) is 11.7 Å². The van der Waals surface area contributed by atoms with Crippen LogP contribution in [0.5, 0.6) is 0 Å². The number of nitrogens with one attached hydrogen (secondary N) is 1. The molecule has 1 saturated heterocycles. The highest BCUT2D eigenvalue weighted by Gasteiger charge is 2.19. The van der Waals surface area contributed by atoms with Crippen molar-refractivity contribution in [1.82, 2.24) is 0 Å². The first-order chi connectivity index (χ1) is 12.0. The molecule has 0 aromatic heterocycles. The third-order valence-electron chi connectivity index (χ3n) is 3.75. The summed E-state index contributed by atoms with van der Waals surface area (Å²) < 4.78 is 18.1. The lowest BCUT2D eigenvalue weighted by molar-refractivity contribution is -0.153. The molecule has 1 aromatic rings. The van der Waals surface area contributed by atoms with E-state index in [1.54, 1.807) is 0 Å². The Morgan fingerprint density at radius 2 is 2.24 bits per heavy atom. The number of carbonyl (C=O) groups excluding carboxylic acids is 2. The maximum absolute atomic E-state index is 13.0. The lowest BCUT2D eigenvalue weighted by Gasteiger charge is -2.14. The molecule has 1 fully saturated rings. The van der Waals surface area contributed by atoms with Gasteiger partial charge in [0.1, 0.15) is 5.82 Å². The lowest BCUT2D eigenvalue weighted by Crippen LogP contribution is -2.30. The van der Waals surface area contributed by atoms with E-state index in [1.807, 2.05) is 21.6 Å². The maximum Gasteiger partial charge on any atom is 0.306 e. The van der Waals surface area contributed by atoms with Crippen molar-refractivity contribution in [3.8, 4) is 0 Å². The first-order valence-corrected chi connectivity index (χ1v) is 11.0. The molecule has 1 aromatic carbocycles. The zero-order valence-corrected chi connectivity index (χ0v) is 16.3. The molecule has 0 radical (unpaired) electrons. The molecular formula is C17H21ClFNO3S2. The molecule has 8 heteroatoms. The Kier molecular flexibility index (Phi) is 8.39. The van der Waals surface area contributed by atoms with Gasteiger partial charge in [-0.25, -0.2) is 4.39 Å². The Hall–Kier alpha value is -0.920. The number of amides is 1. The highest BCUT2D eigenvalue weighted by molar-refractivity contribution is 8.77. The molecule has 138 valence electrons. The molecule has 25 heavy (non-hydrogen) atoms. The van der Waals surface area contributed by atoms with Gasteiger partial charge in [-0.2, -0.15) is 0 Å². The third kappa shape index (κ3) is 7.07. The standard InChI is InChI=1S/C17H21ClFNO3S2/c1-11(17(22)20-15-7-6-12(19)10-14(15)18)23-16(21)5-3-2-4-13-8-9-24-25-13/h6-7,10-11,13H,2-5,8-9H2,1H3,(H,20,22)/t11-,13-/m0/s1. The summed E-state index contributed by atoms with van der Waals surface area (Å²) in [6.45, 7) is 1.50. The molecule has 0 spiro atoms. The van der Waals surface area contributed by atoms with Gasteiger partial charge in [-0.3, -0.25) is 9.59 Å². The van der Waals surface area contributed by atoms with Crippen molar-refractivity contribution in [3.05, 3.63) is 29.0 Å². The number of benzene rings is 1. The Bertz CT molecular complexity index is 612. The number of ether oxygens (including phenoxy) is 1. The van der Waals surface area contributed by atoms with E-state index in [4.69, 9.17) is 16.3 Å². The van der Waals surface area contributed by atoms with Gasteiger partial charge in [0, 0.05) is 17.4 Å². The summed E-state index contributed by atoms with van der Waals surface area (Å²) in [6.07, 6.45) is 3.47. The average Bonchev–Trinajstić information content (AvgIpc) is 3.07. The van der Waals surface area contributed by atoms with E-state index in [9.17, 15) is 14.0 Å². The van der Waals surface area contributed by atoms with Crippen LogP contribution in [-0.2, 0) is 14.3 Å². The molecule has 0 unspecified atom stereocenters. The Labute approximate surface area is 160 Å². The summed E-state index contributed by atoms with van der Waals surface area (Å²) in [5.41, 5.74) is 0.280. The molecule has 1 aliphatic heterocycles. The van der Waals surface area contributed by atoms with Crippen LogP contribution in [0.15, 0.2) is 18.2 Å². The lowest BCUT2D eigenvalue weighted by atomic mass is 10.1. The highest BCUT2D eigenvalue weighted by Crippen LogP contribution is 2.39. The second-order valence-electron chi connectivity index (χ2n) is 5.82. The molecule has 2 rings (SSSR count). The fourth-order valence-electron chi connectivity index (χ4n) is 2.34. The molecule has 4 nitrogen and oxygen atoms in total. The molecule has 1 amide bonds. The third-order valence-corrected chi connectivity index (χ3v) is 7.07. The van der Waals surface area contributed by atoms with Gasteiger partial charge in [-0.1, -0.05) is 39.6 Å². The normalized spacial score (nSPS) is 18.0. The van der Waals surface area contributed by atoms with Crippen molar-refractivity contribution in [1.29, 1.82) is 0 Å². The summed E-state index contributed by atoms with van der Waals surface area (Å²) >= 11 is 5.86. The topological polar surface area (TPSA) is 55.4 Å². The Morgan fingerprint density at radius 1 is 1.44 bits per heavy atom. The van der Waals surface area contributed by atoms with E-state index in [2.05, 4.69) is 5.32 Å². The maximum atomic E-state index is 13.0. The summed E-state index contributed by atoms with van der Waals surface area (Å²) in [4.78, 5) is 23.9. The second-order valence-corrected chi connectivity index (χ2v) is 9.01. The van der Waals surface area contributed by atoms with Gasteiger partial charge >= 0.3 is 5.97 Å². The van der Waals surface area contributed by atoms with E-state index in [-0.39, 0.29) is 16.7 Å². The van der Waals surface area contributed by atoms with Crippen LogP contribution in [0.25, 0.3) is 0 Å². The fraction of sp³-hybridized carbons (Fsp3) is 0.529. The van der Waals surface area contributed by atoms with Gasteiger partial charge in [-0.15, -0.1) is 0 Å². The first-order valence-electron chi connectivity index (χ1n) is 8.19. The molecule has 0 saturated carbocycles. The van der Waals surface area contributed by atoms with Crippen molar-refractivity contribution < 1.29 is 18.7 Å². The predicted octanol–water partition coefficient (Wildman–Crippen LogP) is 5.06. The van der Waals surface area contributed by atoms with E-state index < -0.39 is 17.8 Å². The van der Waals surface area contributed by atoms with Crippen LogP contribution in [0.1, 0.15) is 39.0 Å². The van der Waals surface area contributed by atoms with Gasteiger partial charge in [0.2, 0.25) is 0 Å². The minimum atomic E-state index is -0.935. The largest absolute Gasteiger partial charge is 0.453 e. The van der Waals surface area contributed by atoms with E-state index in [1.165, 1.54) is 31.2 Å². The SMILES string of the molecule is C[C@H](OC(=O)CCCC[C@H]1CCSS1)C(=O)Nc1ccc(F)cc1Cl. The minimum absolute atomic E-state index is 0.0924. The Balaban J connectivity index is 1.67. The van der Waals surface area contributed by atoms with Gasteiger partial charge in [-0.05, 0) is 44.4 Å². The number of rotatable bonds is 8. The molecule has 0 bridgehead atoms. The van der Waals surface area contributed by atoms with Gasteiger partial charge < -0.3 is 10.1 Å². The molecular weight excluding hydrogens is 385 g/mol. The van der Waals surface area contributed by atoms with Crippen molar-refractivity contribution in [2.24, 2.45) is 0 Å². The number of esters is 1. The van der Waals surface area contributed by atoms with Crippen LogP contribution in [0.4, 0.5) is 10.1 Å². The van der Waals surface area contributed by atoms with Crippen LogP contribution in [-0.4, -0.2) is 29.0 Å². The highest BCUT2D eigenvalue weighted by atomic mass is 35.5. The predicted molar refractivity (Wildman–Crippen MR) is 103 cm³/mol. The van der Waals surface area contributed by atoms with E-state index >= 15 is 0 Å². The molecule has 1 aliphatic rings. The molecule has 2 atom stereocenters. The van der Waals surface area contributed by atoms with Crippen molar-refractivity contribution >= 4 is 50.8 Å². The number of unbranched alkanes of at least 4 members (excludes halogenated alkanes) is 1. The van der Waals surface area contributed by atoms with Crippen molar-refractivity contribution in [3.63, 3.8) is 0 Å². The summed E-state index contributed by atoms with van der Waals surface area (Å²) in [5.74, 6) is -0.165. The first kappa shape index (κ1) is 20.4. The minimum Gasteiger partial charge on any atom is -0.453 e. The van der Waals surface area contributed by atoms with Crippen molar-refractivity contribution in [2.45, 2.75) is 50.4 Å². The van der Waals surface area contributed by atoms with Crippen LogP contribution in [0.2, 0.25) is 5.02 Å². The number of hydrogen-bond acceptors (Lipinski definition) is 5. The number of anilines is 1. The smallest absolute Gasteiger partial charge is 0.306 e. The molecule has 1 heterocycles. The number of carbonyl (C=O) groups is 2. The zero-order valence-electron chi connectivity index (χ0n) is 13.9. The van der Waals surface area contributed by atoms with Crippen LogP contribution >= 0.6 is 33.2 Å². The number of hydrogen-bond donors (Lipinski definition) is 1. The molecule has 0 aliphatic carbocycles. The zero-order chi connectivity index (χ0) is 18.2. The second kappa shape index (κ2) is 10.3. The Morgan fingerprint density at radius 3 is 2.92 bits per heavy atom. The fourth-order valence-corrected chi connectivity index (χ4v) is 5.58. The van der Waals surface area contributed by atoms with E-state index in [0.717, 1.165) is 25.3 Å².